The van der Waals surface area contributed by atoms with E-state index in [-0.39, 0.29) is 23.5 Å². The van der Waals surface area contributed by atoms with E-state index in [2.05, 4.69) is 52.3 Å². The van der Waals surface area contributed by atoms with E-state index < -0.39 is 0 Å². The van der Waals surface area contributed by atoms with Crippen molar-refractivity contribution in [1.29, 1.82) is 0 Å². The van der Waals surface area contributed by atoms with Gasteiger partial charge in [0.15, 0.2) is 16.8 Å². The topological polar surface area (TPSA) is 76.9 Å². The molecule has 0 atom stereocenters. The van der Waals surface area contributed by atoms with Gasteiger partial charge in [-0.15, -0.1) is 21.5 Å². The van der Waals surface area contributed by atoms with Crippen LogP contribution in [0.3, 0.4) is 0 Å². The quantitative estimate of drug-likeness (QED) is 0.351. The number of amides is 1. The fourth-order valence-electron chi connectivity index (χ4n) is 3.03. The van der Waals surface area contributed by atoms with Gasteiger partial charge in [-0.05, 0) is 57.5 Å². The zero-order valence-corrected chi connectivity index (χ0v) is 19.3. The standard InChI is InChI=1S/C22H26N4O2S2/c1-5-6-19-11-17(12-29-19)21-24-25-22(26(21)14(2)3)30-13-20(28)23-18-9-7-16(8-10-18)15(4)27/h7-12,14H,5-6,13H2,1-4H3,(H,23,28). The molecule has 1 N–H and O–H groups in total. The molecule has 2 aromatic heterocycles. The first-order chi connectivity index (χ1) is 14.4. The molecule has 0 fully saturated rings. The highest BCUT2D eigenvalue weighted by molar-refractivity contribution is 7.99. The molecule has 2 heterocycles. The third kappa shape index (κ3) is 5.37. The van der Waals surface area contributed by atoms with Crippen LogP contribution in [0.2, 0.25) is 0 Å². The van der Waals surface area contributed by atoms with E-state index in [1.165, 1.54) is 23.6 Å². The second kappa shape index (κ2) is 10.0. The number of rotatable bonds is 9. The summed E-state index contributed by atoms with van der Waals surface area (Å²) in [5.41, 5.74) is 2.36. The lowest BCUT2D eigenvalue weighted by molar-refractivity contribution is -0.113. The van der Waals surface area contributed by atoms with Gasteiger partial charge in [0, 0.05) is 33.1 Å². The molecule has 8 heteroatoms. The van der Waals surface area contributed by atoms with Gasteiger partial charge in [0.2, 0.25) is 5.91 Å². The predicted molar refractivity (Wildman–Crippen MR) is 124 cm³/mol. The van der Waals surface area contributed by atoms with Crippen LogP contribution in [0.25, 0.3) is 11.4 Å². The minimum Gasteiger partial charge on any atom is -0.325 e. The first-order valence-corrected chi connectivity index (χ1v) is 11.8. The number of carbonyl (C=O) groups excluding carboxylic acids is 2. The number of nitrogens with zero attached hydrogens (tertiary/aromatic N) is 3. The molecule has 0 spiro atoms. The van der Waals surface area contributed by atoms with Gasteiger partial charge in [-0.1, -0.05) is 25.1 Å². The summed E-state index contributed by atoms with van der Waals surface area (Å²) >= 11 is 3.12. The van der Waals surface area contributed by atoms with Crippen LogP contribution >= 0.6 is 23.1 Å². The zero-order valence-electron chi connectivity index (χ0n) is 17.6. The van der Waals surface area contributed by atoms with Crippen LogP contribution in [0.1, 0.15) is 55.4 Å². The van der Waals surface area contributed by atoms with Crippen LogP contribution in [0.5, 0.6) is 0 Å². The van der Waals surface area contributed by atoms with Crippen molar-refractivity contribution < 1.29 is 9.59 Å². The van der Waals surface area contributed by atoms with Gasteiger partial charge in [-0.25, -0.2) is 0 Å². The maximum absolute atomic E-state index is 12.4. The van der Waals surface area contributed by atoms with E-state index in [4.69, 9.17) is 0 Å². The lowest BCUT2D eigenvalue weighted by Crippen LogP contribution is -2.15. The third-order valence-corrected chi connectivity index (χ3v) is 6.44. The molecule has 158 valence electrons. The minimum atomic E-state index is -0.129. The molecular weight excluding hydrogens is 416 g/mol. The molecule has 0 saturated heterocycles. The van der Waals surface area contributed by atoms with Gasteiger partial charge in [-0.3, -0.25) is 14.2 Å². The number of aromatic nitrogens is 3. The van der Waals surface area contributed by atoms with Gasteiger partial charge in [-0.2, -0.15) is 0 Å². The number of Topliss-reactive ketones (excluding diaryl/α,β-unsaturated/α-hetero) is 1. The largest absolute Gasteiger partial charge is 0.325 e. The Kier molecular flexibility index (Phi) is 7.44. The smallest absolute Gasteiger partial charge is 0.234 e. The van der Waals surface area contributed by atoms with Gasteiger partial charge >= 0.3 is 0 Å². The summed E-state index contributed by atoms with van der Waals surface area (Å²) in [7, 11) is 0. The molecule has 30 heavy (non-hydrogen) atoms. The highest BCUT2D eigenvalue weighted by atomic mass is 32.2. The molecule has 0 saturated carbocycles. The lowest BCUT2D eigenvalue weighted by Gasteiger charge is -2.13. The predicted octanol–water partition coefficient (Wildman–Crippen LogP) is 5.47. The number of aryl methyl sites for hydroxylation is 1. The SMILES string of the molecule is CCCc1cc(-c2nnc(SCC(=O)Nc3ccc(C(C)=O)cc3)n2C(C)C)cs1. The first-order valence-electron chi connectivity index (χ1n) is 9.95. The molecule has 0 aliphatic rings. The second-order valence-electron chi connectivity index (χ2n) is 7.29. The number of carbonyl (C=O) groups is 2. The molecule has 0 unspecified atom stereocenters. The van der Waals surface area contributed by atoms with Gasteiger partial charge in [0.05, 0.1) is 5.75 Å². The van der Waals surface area contributed by atoms with Crippen LogP contribution in [0.4, 0.5) is 5.69 Å². The van der Waals surface area contributed by atoms with E-state index >= 15 is 0 Å². The maximum atomic E-state index is 12.4. The highest BCUT2D eigenvalue weighted by Crippen LogP contribution is 2.31. The molecule has 6 nitrogen and oxygen atoms in total. The summed E-state index contributed by atoms with van der Waals surface area (Å²) in [6, 6.07) is 9.25. The van der Waals surface area contributed by atoms with Crippen molar-refractivity contribution in [2.24, 2.45) is 0 Å². The monoisotopic (exact) mass is 442 g/mol. The Morgan fingerprint density at radius 3 is 2.57 bits per heavy atom. The number of nitrogens with one attached hydrogen (secondary N) is 1. The Balaban J connectivity index is 1.68. The van der Waals surface area contributed by atoms with E-state index in [9.17, 15) is 9.59 Å². The van der Waals surface area contributed by atoms with Crippen molar-refractivity contribution in [2.45, 2.75) is 51.7 Å². The summed E-state index contributed by atoms with van der Waals surface area (Å²) < 4.78 is 2.08. The molecule has 3 aromatic rings. The van der Waals surface area contributed by atoms with Crippen LogP contribution in [-0.2, 0) is 11.2 Å². The summed E-state index contributed by atoms with van der Waals surface area (Å²) in [6.45, 7) is 7.87. The number of hydrogen-bond donors (Lipinski definition) is 1. The maximum Gasteiger partial charge on any atom is 0.234 e. The van der Waals surface area contributed by atoms with E-state index in [0.717, 1.165) is 29.4 Å². The van der Waals surface area contributed by atoms with Crippen molar-refractivity contribution in [1.82, 2.24) is 14.8 Å². The summed E-state index contributed by atoms with van der Waals surface area (Å²) in [5, 5.41) is 14.5. The molecule has 3 rings (SSSR count). The van der Waals surface area contributed by atoms with Crippen LogP contribution < -0.4 is 5.32 Å². The van der Waals surface area contributed by atoms with Crippen molar-refractivity contribution >= 4 is 40.5 Å². The number of thiophene rings is 1. The molecule has 0 aliphatic heterocycles. The summed E-state index contributed by atoms with van der Waals surface area (Å²) in [6.07, 6.45) is 2.18. The molecule has 1 amide bonds. The Labute approximate surface area is 185 Å². The van der Waals surface area contributed by atoms with Gasteiger partial charge in [0.25, 0.3) is 0 Å². The minimum absolute atomic E-state index is 0.000282. The van der Waals surface area contributed by atoms with E-state index in [1.807, 2.05) is 0 Å². The Bertz CT molecular complexity index is 1020. The zero-order chi connectivity index (χ0) is 21.7. The molecule has 1 aromatic carbocycles. The van der Waals surface area contributed by atoms with Crippen molar-refractivity contribution in [3.8, 4) is 11.4 Å². The van der Waals surface area contributed by atoms with Crippen molar-refractivity contribution in [3.05, 3.63) is 46.2 Å². The summed E-state index contributed by atoms with van der Waals surface area (Å²) in [4.78, 5) is 25.1. The van der Waals surface area contributed by atoms with E-state index in [0.29, 0.717) is 11.3 Å². The molecular formula is C22H26N4O2S2. The number of anilines is 1. The molecule has 0 aliphatic carbocycles. The van der Waals surface area contributed by atoms with E-state index in [1.54, 1.807) is 35.6 Å². The molecule has 0 radical (unpaired) electrons. The Morgan fingerprint density at radius 1 is 1.20 bits per heavy atom. The Hall–Kier alpha value is -2.45. The first kappa shape index (κ1) is 22.2. The third-order valence-electron chi connectivity index (χ3n) is 4.50. The van der Waals surface area contributed by atoms with Gasteiger partial charge in [0.1, 0.15) is 0 Å². The molecule has 0 bridgehead atoms. The van der Waals surface area contributed by atoms with Crippen LogP contribution in [-0.4, -0.2) is 32.2 Å². The lowest BCUT2D eigenvalue weighted by atomic mass is 10.1. The summed E-state index contributed by atoms with van der Waals surface area (Å²) in [5.74, 6) is 0.937. The number of thioether (sulfide) groups is 1. The van der Waals surface area contributed by atoms with Crippen molar-refractivity contribution in [3.63, 3.8) is 0 Å². The highest BCUT2D eigenvalue weighted by Gasteiger charge is 2.19. The average molecular weight is 443 g/mol. The fourth-order valence-corrected chi connectivity index (χ4v) is 4.86. The average Bonchev–Trinajstić information content (AvgIpc) is 3.33. The normalized spacial score (nSPS) is 11.1. The second-order valence-corrected chi connectivity index (χ2v) is 9.23. The van der Waals surface area contributed by atoms with Crippen LogP contribution in [0, 0.1) is 0 Å². The van der Waals surface area contributed by atoms with Crippen LogP contribution in [0.15, 0.2) is 40.9 Å². The number of hydrogen-bond acceptors (Lipinski definition) is 6. The fraction of sp³-hybridized carbons (Fsp3) is 0.364. The van der Waals surface area contributed by atoms with Crippen molar-refractivity contribution in [2.75, 3.05) is 11.1 Å². The Morgan fingerprint density at radius 2 is 1.93 bits per heavy atom. The number of ketones is 1. The number of benzene rings is 1. The van der Waals surface area contributed by atoms with Gasteiger partial charge < -0.3 is 5.32 Å².